The Kier molecular flexibility index (Phi) is 7.84. The number of benzene rings is 2. The lowest BCUT2D eigenvalue weighted by molar-refractivity contribution is -0.124. The van der Waals surface area contributed by atoms with Gasteiger partial charge in [-0.2, -0.15) is 15.2 Å². The Morgan fingerprint density at radius 3 is 2.83 bits per heavy atom. The molecule has 2 aliphatic heterocycles. The number of aromatic hydroxyl groups is 1. The molecule has 2 aliphatic rings. The molecule has 206 valence electrons. The number of anilines is 2. The van der Waals surface area contributed by atoms with Crippen molar-refractivity contribution in [2.24, 2.45) is 0 Å². The number of likely N-dealkylation sites (N-methyl/N-ethyl adjacent to an activating group) is 1. The second-order valence-corrected chi connectivity index (χ2v) is 10.1. The van der Waals surface area contributed by atoms with Gasteiger partial charge in [0.15, 0.2) is 0 Å². The molecule has 0 spiro atoms. The SMILES string of the molecule is C=CC(=O)N1CCN(c2nc(OCCN(C)C)nc3c2CCN(c2cc(O)cc4ccccc24)C3)C=C1CC#N. The summed E-state index contributed by atoms with van der Waals surface area (Å²) in [6.45, 7) is 6.90. The Morgan fingerprint density at radius 1 is 1.23 bits per heavy atom. The van der Waals surface area contributed by atoms with Crippen molar-refractivity contribution in [3.8, 4) is 17.8 Å². The maximum Gasteiger partial charge on any atom is 0.318 e. The fourth-order valence-electron chi connectivity index (χ4n) is 5.17. The van der Waals surface area contributed by atoms with Crippen molar-refractivity contribution in [3.63, 3.8) is 0 Å². The van der Waals surface area contributed by atoms with Gasteiger partial charge in [-0.25, -0.2) is 0 Å². The maximum atomic E-state index is 12.4. The number of phenols is 1. The number of rotatable bonds is 8. The number of phenolic OH excluding ortho intramolecular Hbond substituents is 1. The van der Waals surface area contributed by atoms with E-state index >= 15 is 0 Å². The van der Waals surface area contributed by atoms with Gasteiger partial charge in [0, 0.05) is 55.1 Å². The van der Waals surface area contributed by atoms with Crippen LogP contribution < -0.4 is 14.5 Å². The van der Waals surface area contributed by atoms with Crippen molar-refractivity contribution in [2.45, 2.75) is 19.4 Å². The van der Waals surface area contributed by atoms with E-state index in [-0.39, 0.29) is 24.1 Å². The van der Waals surface area contributed by atoms with E-state index in [2.05, 4.69) is 23.6 Å². The lowest BCUT2D eigenvalue weighted by Crippen LogP contribution is -2.42. The van der Waals surface area contributed by atoms with Crippen LogP contribution in [0.25, 0.3) is 10.8 Å². The molecular weight excluding hydrogens is 506 g/mol. The molecule has 0 bridgehead atoms. The van der Waals surface area contributed by atoms with E-state index in [0.29, 0.717) is 51.4 Å². The van der Waals surface area contributed by atoms with Gasteiger partial charge in [0.25, 0.3) is 0 Å². The third-order valence-corrected chi connectivity index (χ3v) is 7.15. The molecule has 10 nitrogen and oxygen atoms in total. The quantitative estimate of drug-likeness (QED) is 0.431. The summed E-state index contributed by atoms with van der Waals surface area (Å²) in [5, 5.41) is 21.9. The third kappa shape index (κ3) is 5.55. The Balaban J connectivity index is 1.53. The molecule has 5 rings (SSSR count). The van der Waals surface area contributed by atoms with Crippen LogP contribution in [-0.2, 0) is 17.8 Å². The number of nitriles is 1. The number of carbonyl (C=O) groups is 1. The highest BCUT2D eigenvalue weighted by molar-refractivity contribution is 5.95. The molecule has 1 amide bonds. The molecule has 10 heteroatoms. The lowest BCUT2D eigenvalue weighted by Gasteiger charge is -2.36. The van der Waals surface area contributed by atoms with Crippen molar-refractivity contribution in [3.05, 3.63) is 72.2 Å². The first-order valence-electron chi connectivity index (χ1n) is 13.3. The molecule has 0 atom stereocenters. The second-order valence-electron chi connectivity index (χ2n) is 10.1. The number of aromatic nitrogens is 2. The van der Waals surface area contributed by atoms with Crippen LogP contribution in [0.15, 0.2) is 61.0 Å². The largest absolute Gasteiger partial charge is 0.508 e. The zero-order chi connectivity index (χ0) is 28.2. The summed E-state index contributed by atoms with van der Waals surface area (Å²) in [7, 11) is 3.96. The van der Waals surface area contributed by atoms with Crippen molar-refractivity contribution < 1.29 is 14.6 Å². The van der Waals surface area contributed by atoms with Crippen molar-refractivity contribution in [1.29, 1.82) is 5.26 Å². The molecule has 1 aromatic heterocycles. The van der Waals surface area contributed by atoms with E-state index in [1.165, 1.54) is 6.08 Å². The smallest absolute Gasteiger partial charge is 0.318 e. The van der Waals surface area contributed by atoms with E-state index in [0.717, 1.165) is 33.5 Å². The Bertz CT molecular complexity index is 1510. The number of hydrogen-bond acceptors (Lipinski definition) is 9. The molecule has 0 radical (unpaired) electrons. The van der Waals surface area contributed by atoms with Gasteiger partial charge in [-0.1, -0.05) is 30.8 Å². The van der Waals surface area contributed by atoms with E-state index in [1.54, 1.807) is 17.0 Å². The molecule has 0 unspecified atom stereocenters. The summed E-state index contributed by atoms with van der Waals surface area (Å²) in [5.41, 5.74) is 3.41. The molecule has 1 N–H and O–H groups in total. The van der Waals surface area contributed by atoms with Gasteiger partial charge in [0.1, 0.15) is 18.2 Å². The monoisotopic (exact) mass is 539 g/mol. The summed E-state index contributed by atoms with van der Waals surface area (Å²) < 4.78 is 6.00. The van der Waals surface area contributed by atoms with Crippen molar-refractivity contribution in [2.75, 3.05) is 56.7 Å². The molecular formula is C30H33N7O3. The van der Waals surface area contributed by atoms with Crippen LogP contribution in [0.2, 0.25) is 0 Å². The highest BCUT2D eigenvalue weighted by atomic mass is 16.5. The van der Waals surface area contributed by atoms with Gasteiger partial charge >= 0.3 is 6.01 Å². The zero-order valence-corrected chi connectivity index (χ0v) is 22.9. The Morgan fingerprint density at radius 2 is 2.05 bits per heavy atom. The molecule has 0 aliphatic carbocycles. The number of hydrogen-bond donors (Lipinski definition) is 1. The van der Waals surface area contributed by atoms with Crippen LogP contribution >= 0.6 is 0 Å². The summed E-state index contributed by atoms with van der Waals surface area (Å²) >= 11 is 0. The van der Waals surface area contributed by atoms with E-state index < -0.39 is 0 Å². The summed E-state index contributed by atoms with van der Waals surface area (Å²) in [4.78, 5) is 29.9. The molecule has 3 aromatic rings. The minimum Gasteiger partial charge on any atom is -0.508 e. The molecule has 0 saturated carbocycles. The molecule has 0 fully saturated rings. The summed E-state index contributed by atoms with van der Waals surface area (Å²) in [6.07, 6.45) is 3.87. The normalized spacial score (nSPS) is 15.1. The average Bonchev–Trinajstić information content (AvgIpc) is 2.95. The standard InChI is InChI=1S/C30H33N7O3/c1-4-28(39)37-14-13-36(19-22(37)9-11-31)29-25-10-12-35(20-26(25)32-30(33-29)40-16-15-34(2)3)27-18-23(38)17-21-7-5-6-8-24(21)27/h4-8,17-19,38H,1,9-10,12-16,20H2,2-3H3. The van der Waals surface area contributed by atoms with Gasteiger partial charge in [0.05, 0.1) is 30.4 Å². The van der Waals surface area contributed by atoms with Crippen LogP contribution in [0.1, 0.15) is 17.7 Å². The second kappa shape index (κ2) is 11.6. The predicted octanol–water partition coefficient (Wildman–Crippen LogP) is 3.43. The molecule has 3 heterocycles. The minimum atomic E-state index is -0.229. The first kappa shape index (κ1) is 27.0. The number of fused-ring (bicyclic) bond motifs is 2. The lowest BCUT2D eigenvalue weighted by atomic mass is 10.0. The Labute approximate surface area is 234 Å². The van der Waals surface area contributed by atoms with Gasteiger partial charge in [-0.15, -0.1) is 0 Å². The topological polar surface area (TPSA) is 109 Å². The third-order valence-electron chi connectivity index (χ3n) is 7.15. The number of allylic oxidation sites excluding steroid dienone is 1. The summed E-state index contributed by atoms with van der Waals surface area (Å²) in [5.74, 6) is 0.719. The highest BCUT2D eigenvalue weighted by Crippen LogP contribution is 2.37. The maximum absolute atomic E-state index is 12.4. The van der Waals surface area contributed by atoms with Gasteiger partial charge in [0.2, 0.25) is 5.91 Å². The van der Waals surface area contributed by atoms with Gasteiger partial charge in [-0.05, 0) is 38.0 Å². The van der Waals surface area contributed by atoms with Crippen molar-refractivity contribution in [1.82, 2.24) is 19.8 Å². The number of amides is 1. The predicted molar refractivity (Wildman–Crippen MR) is 154 cm³/mol. The first-order valence-corrected chi connectivity index (χ1v) is 13.3. The van der Waals surface area contributed by atoms with Gasteiger partial charge < -0.3 is 29.4 Å². The van der Waals surface area contributed by atoms with Crippen LogP contribution in [0.5, 0.6) is 11.8 Å². The fraction of sp³-hybridized carbons (Fsp3) is 0.333. The van der Waals surface area contributed by atoms with Crippen LogP contribution in [0.4, 0.5) is 11.5 Å². The van der Waals surface area contributed by atoms with Crippen LogP contribution in [0, 0.1) is 11.3 Å². The number of carbonyl (C=O) groups excluding carboxylic acids is 1. The fourth-order valence-corrected chi connectivity index (χ4v) is 5.17. The van der Waals surface area contributed by atoms with E-state index in [1.807, 2.05) is 48.3 Å². The molecule has 2 aromatic carbocycles. The molecule has 0 saturated heterocycles. The van der Waals surface area contributed by atoms with Crippen molar-refractivity contribution >= 4 is 28.2 Å². The minimum absolute atomic E-state index is 0.0912. The Hall–Kier alpha value is -4.62. The van der Waals surface area contributed by atoms with E-state index in [4.69, 9.17) is 14.7 Å². The average molecular weight is 540 g/mol. The first-order chi connectivity index (χ1) is 19.4. The zero-order valence-electron chi connectivity index (χ0n) is 22.9. The van der Waals surface area contributed by atoms with Crippen LogP contribution in [0.3, 0.4) is 0 Å². The summed E-state index contributed by atoms with van der Waals surface area (Å²) in [6, 6.07) is 14.0. The molecule has 40 heavy (non-hydrogen) atoms. The number of ether oxygens (including phenoxy) is 1. The van der Waals surface area contributed by atoms with Crippen LogP contribution in [-0.4, -0.2) is 77.7 Å². The van der Waals surface area contributed by atoms with Gasteiger partial charge in [-0.3, -0.25) is 4.79 Å². The number of nitrogens with zero attached hydrogens (tertiary/aromatic N) is 7. The highest BCUT2D eigenvalue weighted by Gasteiger charge is 2.29. The van der Waals surface area contributed by atoms with E-state index in [9.17, 15) is 15.2 Å².